The Bertz CT molecular complexity index is 538. The number of halogens is 1. The zero-order valence-corrected chi connectivity index (χ0v) is 16.7. The topological polar surface area (TPSA) is 71.5 Å². The molecule has 1 aromatic rings. The van der Waals surface area contributed by atoms with Crippen molar-refractivity contribution in [2.24, 2.45) is 23.7 Å². The van der Waals surface area contributed by atoms with Gasteiger partial charge in [0.15, 0.2) is 5.96 Å². The summed E-state index contributed by atoms with van der Waals surface area (Å²) in [6.45, 7) is 8.31. The van der Waals surface area contributed by atoms with Gasteiger partial charge in [0, 0.05) is 19.8 Å². The van der Waals surface area contributed by atoms with Gasteiger partial charge in [0.05, 0.1) is 18.3 Å². The quantitative estimate of drug-likeness (QED) is 0.323. The molecule has 0 saturated carbocycles. The molecule has 1 fully saturated rings. The van der Waals surface area contributed by atoms with Crippen LogP contribution in [0.3, 0.4) is 0 Å². The van der Waals surface area contributed by atoms with Crippen LogP contribution < -0.4 is 11.1 Å². The van der Waals surface area contributed by atoms with Crippen LogP contribution in [-0.4, -0.2) is 47.3 Å². The van der Waals surface area contributed by atoms with Gasteiger partial charge >= 0.3 is 0 Å². The summed E-state index contributed by atoms with van der Waals surface area (Å²) in [6, 6.07) is 2.47. The highest BCUT2D eigenvalue weighted by molar-refractivity contribution is 14.0. The number of aryl methyl sites for hydroxylation is 1. The van der Waals surface area contributed by atoms with E-state index in [4.69, 9.17) is 5.73 Å². The lowest BCUT2D eigenvalue weighted by Gasteiger charge is -2.39. The van der Waals surface area contributed by atoms with E-state index in [1.54, 1.807) is 0 Å². The highest BCUT2D eigenvalue weighted by Gasteiger charge is 2.32. The van der Waals surface area contributed by atoms with E-state index in [9.17, 15) is 0 Å². The molecular weight excluding hydrogens is 403 g/mol. The molecule has 0 radical (unpaired) electrons. The van der Waals surface area contributed by atoms with Crippen LogP contribution in [0.25, 0.3) is 0 Å². The van der Waals surface area contributed by atoms with Crippen molar-refractivity contribution in [3.8, 4) is 0 Å². The van der Waals surface area contributed by atoms with Gasteiger partial charge < -0.3 is 11.1 Å². The number of rotatable bonds is 5. The van der Waals surface area contributed by atoms with Gasteiger partial charge in [-0.3, -0.25) is 9.58 Å². The van der Waals surface area contributed by atoms with Gasteiger partial charge in [-0.1, -0.05) is 12.2 Å². The summed E-state index contributed by atoms with van der Waals surface area (Å²) >= 11 is 0. The summed E-state index contributed by atoms with van der Waals surface area (Å²) in [5, 5.41) is 7.59. The summed E-state index contributed by atoms with van der Waals surface area (Å²) in [5.74, 6) is 0.993. The van der Waals surface area contributed by atoms with E-state index in [0.717, 1.165) is 18.7 Å². The van der Waals surface area contributed by atoms with Gasteiger partial charge in [-0.15, -0.1) is 24.0 Å². The Hall–Kier alpha value is -1.09. The Morgan fingerprint density at radius 2 is 2.26 bits per heavy atom. The molecule has 0 aliphatic carbocycles. The summed E-state index contributed by atoms with van der Waals surface area (Å²) < 4.78 is 1.97. The van der Waals surface area contributed by atoms with Gasteiger partial charge in [-0.05, 0) is 45.3 Å². The molecule has 0 aromatic carbocycles. The van der Waals surface area contributed by atoms with Crippen LogP contribution in [0.1, 0.15) is 31.5 Å². The number of nitrogens with zero attached hydrogens (tertiary/aromatic N) is 4. The van der Waals surface area contributed by atoms with Crippen LogP contribution in [0.2, 0.25) is 0 Å². The van der Waals surface area contributed by atoms with Gasteiger partial charge in [-0.2, -0.15) is 5.10 Å². The van der Waals surface area contributed by atoms with Crippen molar-refractivity contribution in [2.45, 2.75) is 25.8 Å². The number of nitrogens with one attached hydrogen (secondary N) is 1. The highest BCUT2D eigenvalue weighted by atomic mass is 127. The van der Waals surface area contributed by atoms with Crippen LogP contribution in [-0.2, 0) is 7.05 Å². The standard InChI is InChI=1S/C16H28N6.HI/c1-12(2)10-18-16(17)19-11-13-6-5-9-21(3)15(13)14-7-8-20-22(14)4;/h7-8,13,15H,1,5-6,9-11H2,2-4H3,(H3,17,18,19);1H/t13-,15+;/m0./s1. The second kappa shape index (κ2) is 9.27. The first kappa shape index (κ1) is 20.0. The van der Waals surface area contributed by atoms with Crippen molar-refractivity contribution >= 4 is 29.9 Å². The number of piperidine rings is 1. The maximum Gasteiger partial charge on any atom is 0.188 e. The number of aliphatic imine (C=N–C) groups is 1. The molecular formula is C16H29IN6. The van der Waals surface area contributed by atoms with E-state index in [1.807, 2.05) is 24.9 Å². The van der Waals surface area contributed by atoms with Gasteiger partial charge in [0.2, 0.25) is 0 Å². The van der Waals surface area contributed by atoms with E-state index in [0.29, 0.717) is 24.5 Å². The Morgan fingerprint density at radius 1 is 1.52 bits per heavy atom. The molecule has 1 aromatic heterocycles. The maximum absolute atomic E-state index is 5.93. The number of hydrogen-bond acceptors (Lipinski definition) is 3. The average molecular weight is 432 g/mol. The largest absolute Gasteiger partial charge is 0.370 e. The van der Waals surface area contributed by atoms with Crippen molar-refractivity contribution < 1.29 is 0 Å². The Morgan fingerprint density at radius 3 is 2.87 bits per heavy atom. The third-order valence-electron chi connectivity index (χ3n) is 4.23. The van der Waals surface area contributed by atoms with Crippen LogP contribution >= 0.6 is 24.0 Å². The minimum absolute atomic E-state index is 0. The van der Waals surface area contributed by atoms with Crippen molar-refractivity contribution in [3.63, 3.8) is 0 Å². The minimum Gasteiger partial charge on any atom is -0.370 e. The first-order valence-electron chi connectivity index (χ1n) is 7.85. The number of likely N-dealkylation sites (tertiary alicyclic amines) is 1. The molecule has 6 nitrogen and oxygen atoms in total. The Kier molecular flexibility index (Phi) is 8.04. The van der Waals surface area contributed by atoms with E-state index in [2.05, 4.69) is 40.0 Å². The Balaban J connectivity index is 0.00000264. The Labute approximate surface area is 156 Å². The molecule has 0 amide bonds. The monoisotopic (exact) mass is 432 g/mol. The lowest BCUT2D eigenvalue weighted by Crippen LogP contribution is -2.44. The predicted octanol–water partition coefficient (Wildman–Crippen LogP) is 1.90. The van der Waals surface area contributed by atoms with Crippen LogP contribution in [0.5, 0.6) is 0 Å². The normalized spacial score (nSPS) is 22.5. The molecule has 2 atom stereocenters. The van der Waals surface area contributed by atoms with Crippen LogP contribution in [0.4, 0.5) is 0 Å². The second-order valence-electron chi connectivity index (χ2n) is 6.25. The lowest BCUT2D eigenvalue weighted by atomic mass is 9.87. The maximum atomic E-state index is 5.93. The average Bonchev–Trinajstić information content (AvgIpc) is 2.88. The summed E-state index contributed by atoms with van der Waals surface area (Å²) in [6.07, 6.45) is 4.26. The van der Waals surface area contributed by atoms with Crippen molar-refractivity contribution in [1.82, 2.24) is 20.0 Å². The van der Waals surface area contributed by atoms with Gasteiger partial charge in [0.1, 0.15) is 0 Å². The zero-order valence-electron chi connectivity index (χ0n) is 14.3. The minimum atomic E-state index is 0. The number of nitrogens with two attached hydrogens (primary N) is 1. The summed E-state index contributed by atoms with van der Waals surface area (Å²) in [7, 11) is 4.19. The number of guanidine groups is 1. The lowest BCUT2D eigenvalue weighted by molar-refractivity contribution is 0.116. The van der Waals surface area contributed by atoms with E-state index in [1.165, 1.54) is 18.5 Å². The number of hydrogen-bond donors (Lipinski definition) is 2. The molecule has 0 spiro atoms. The molecule has 1 saturated heterocycles. The van der Waals surface area contributed by atoms with Crippen LogP contribution in [0, 0.1) is 5.92 Å². The molecule has 2 rings (SSSR count). The predicted molar refractivity (Wildman–Crippen MR) is 106 cm³/mol. The first-order chi connectivity index (χ1) is 10.5. The molecule has 7 heteroatoms. The SMILES string of the molecule is C=C(C)CN=C(N)NC[C@@H]1CCCN(C)[C@H]1c1ccnn1C.I. The second-order valence-corrected chi connectivity index (χ2v) is 6.25. The third-order valence-corrected chi connectivity index (χ3v) is 4.23. The molecule has 1 aliphatic rings. The molecule has 3 N–H and O–H groups in total. The smallest absolute Gasteiger partial charge is 0.188 e. The third kappa shape index (κ3) is 5.49. The molecule has 130 valence electrons. The zero-order chi connectivity index (χ0) is 16.1. The fraction of sp³-hybridized carbons (Fsp3) is 0.625. The van der Waals surface area contributed by atoms with Gasteiger partial charge in [0.25, 0.3) is 0 Å². The van der Waals surface area contributed by atoms with Crippen molar-refractivity contribution in [3.05, 3.63) is 30.1 Å². The van der Waals surface area contributed by atoms with Crippen LogP contribution in [0.15, 0.2) is 29.4 Å². The first-order valence-corrected chi connectivity index (χ1v) is 7.85. The van der Waals surface area contributed by atoms with E-state index >= 15 is 0 Å². The van der Waals surface area contributed by atoms with E-state index < -0.39 is 0 Å². The summed E-state index contributed by atoms with van der Waals surface area (Å²) in [4.78, 5) is 6.70. The molecule has 0 unspecified atom stereocenters. The summed E-state index contributed by atoms with van der Waals surface area (Å²) in [5.41, 5.74) is 8.20. The molecule has 1 aliphatic heterocycles. The molecule has 0 bridgehead atoms. The fourth-order valence-electron chi connectivity index (χ4n) is 3.13. The molecule has 2 heterocycles. The van der Waals surface area contributed by atoms with Crippen molar-refractivity contribution in [1.29, 1.82) is 0 Å². The van der Waals surface area contributed by atoms with Gasteiger partial charge in [-0.25, -0.2) is 4.99 Å². The highest BCUT2D eigenvalue weighted by Crippen LogP contribution is 2.34. The van der Waals surface area contributed by atoms with E-state index in [-0.39, 0.29) is 24.0 Å². The fourth-order valence-corrected chi connectivity index (χ4v) is 3.13. The number of aromatic nitrogens is 2. The van der Waals surface area contributed by atoms with Crippen molar-refractivity contribution in [2.75, 3.05) is 26.7 Å². The molecule has 23 heavy (non-hydrogen) atoms.